The fraction of sp³-hybridized carbons (Fsp3) is 0.133. The first-order chi connectivity index (χ1) is 16.3. The molecule has 4 aromatic carbocycles. The average Bonchev–Trinajstić information content (AvgIpc) is 2.81. The summed E-state index contributed by atoms with van der Waals surface area (Å²) in [7, 11) is 0. The van der Waals surface area contributed by atoms with E-state index in [0.717, 1.165) is 33.4 Å². The Balaban J connectivity index is 1.50. The van der Waals surface area contributed by atoms with Crippen LogP contribution in [0.1, 0.15) is 43.0 Å². The van der Waals surface area contributed by atoms with E-state index in [9.17, 15) is 9.59 Å². The van der Waals surface area contributed by atoms with E-state index < -0.39 is 5.97 Å². The lowest BCUT2D eigenvalue weighted by Crippen LogP contribution is -2.09. The van der Waals surface area contributed by atoms with Crippen LogP contribution in [-0.4, -0.2) is 11.9 Å². The molecular weight excluding hydrogens is 424 g/mol. The smallest absolute Gasteiger partial charge is 0.343 e. The normalized spacial score (nSPS) is 10.6. The van der Waals surface area contributed by atoms with Crippen LogP contribution in [0.25, 0.3) is 11.1 Å². The molecule has 4 aromatic rings. The fourth-order valence-electron chi connectivity index (χ4n) is 3.72. The van der Waals surface area contributed by atoms with Gasteiger partial charge in [0.2, 0.25) is 0 Å². The van der Waals surface area contributed by atoms with Crippen molar-refractivity contribution in [2.24, 2.45) is 0 Å². The molecule has 0 heterocycles. The van der Waals surface area contributed by atoms with E-state index in [2.05, 4.69) is 0 Å². The molecule has 4 rings (SSSR count). The molecule has 0 N–H and O–H groups in total. The second kappa shape index (κ2) is 9.75. The van der Waals surface area contributed by atoms with Crippen molar-refractivity contribution in [3.63, 3.8) is 0 Å². The molecule has 0 fully saturated rings. The highest BCUT2D eigenvalue weighted by Gasteiger charge is 2.14. The average molecular weight is 451 g/mol. The lowest BCUT2D eigenvalue weighted by atomic mass is 9.95. The van der Waals surface area contributed by atoms with Gasteiger partial charge >= 0.3 is 11.9 Å². The van der Waals surface area contributed by atoms with Gasteiger partial charge in [0.15, 0.2) is 0 Å². The molecule has 0 atom stereocenters. The van der Waals surface area contributed by atoms with Gasteiger partial charge in [0, 0.05) is 0 Å². The molecule has 0 aromatic heterocycles. The Bertz CT molecular complexity index is 1350. The zero-order valence-corrected chi connectivity index (χ0v) is 19.7. The van der Waals surface area contributed by atoms with Crippen LogP contribution >= 0.6 is 0 Å². The number of benzene rings is 4. The van der Waals surface area contributed by atoms with Crippen LogP contribution < -0.4 is 9.47 Å². The van der Waals surface area contributed by atoms with Gasteiger partial charge in [0.1, 0.15) is 11.5 Å². The molecule has 0 aliphatic carbocycles. The zero-order chi connectivity index (χ0) is 24.2. The van der Waals surface area contributed by atoms with Gasteiger partial charge in [-0.05, 0) is 98.5 Å². The summed E-state index contributed by atoms with van der Waals surface area (Å²) in [5.74, 6) is 0.222. The predicted octanol–water partition coefficient (Wildman–Crippen LogP) is 7.03. The number of esters is 2. The Morgan fingerprint density at radius 3 is 1.53 bits per heavy atom. The Kier molecular flexibility index (Phi) is 6.60. The number of hydrogen-bond donors (Lipinski definition) is 0. The van der Waals surface area contributed by atoms with Crippen molar-refractivity contribution in [3.05, 3.63) is 118 Å². The third-order valence-corrected chi connectivity index (χ3v) is 5.68. The Labute approximate surface area is 199 Å². The van der Waals surface area contributed by atoms with Gasteiger partial charge in [-0.1, -0.05) is 47.5 Å². The van der Waals surface area contributed by atoms with Gasteiger partial charge in [0.05, 0.1) is 11.1 Å². The van der Waals surface area contributed by atoms with Crippen LogP contribution in [0.3, 0.4) is 0 Å². The first kappa shape index (κ1) is 23.0. The third kappa shape index (κ3) is 5.24. The second-order valence-electron chi connectivity index (χ2n) is 8.46. The second-order valence-corrected chi connectivity index (χ2v) is 8.46. The van der Waals surface area contributed by atoms with Crippen molar-refractivity contribution >= 4 is 11.9 Å². The van der Waals surface area contributed by atoms with E-state index in [0.29, 0.717) is 22.6 Å². The van der Waals surface area contributed by atoms with Crippen LogP contribution in [0.2, 0.25) is 0 Å². The highest BCUT2D eigenvalue weighted by Crippen LogP contribution is 2.30. The predicted molar refractivity (Wildman–Crippen MR) is 134 cm³/mol. The molecule has 0 aliphatic heterocycles. The Morgan fingerprint density at radius 2 is 0.941 bits per heavy atom. The van der Waals surface area contributed by atoms with Gasteiger partial charge in [-0.3, -0.25) is 0 Å². The number of carbonyl (C=O) groups excluding carboxylic acids is 2. The molecule has 0 unspecified atom stereocenters. The molecule has 0 spiro atoms. The van der Waals surface area contributed by atoms with Crippen LogP contribution in [0.4, 0.5) is 0 Å². The largest absolute Gasteiger partial charge is 0.423 e. The molecule has 0 radical (unpaired) electrons. The summed E-state index contributed by atoms with van der Waals surface area (Å²) in [6, 6.07) is 25.7. The van der Waals surface area contributed by atoms with Gasteiger partial charge in [-0.25, -0.2) is 9.59 Å². The van der Waals surface area contributed by atoms with E-state index in [1.807, 2.05) is 76.2 Å². The number of ether oxygens (including phenoxy) is 2. The van der Waals surface area contributed by atoms with Gasteiger partial charge in [0.25, 0.3) is 0 Å². The van der Waals surface area contributed by atoms with Crippen molar-refractivity contribution in [1.29, 1.82) is 0 Å². The lowest BCUT2D eigenvalue weighted by Gasteiger charge is -2.13. The highest BCUT2D eigenvalue weighted by atomic mass is 16.5. The van der Waals surface area contributed by atoms with Crippen molar-refractivity contribution < 1.29 is 19.1 Å². The summed E-state index contributed by atoms with van der Waals surface area (Å²) < 4.78 is 11.0. The van der Waals surface area contributed by atoms with Crippen molar-refractivity contribution in [1.82, 2.24) is 0 Å². The summed E-state index contributed by atoms with van der Waals surface area (Å²) in [5.41, 5.74) is 7.11. The first-order valence-corrected chi connectivity index (χ1v) is 11.1. The summed E-state index contributed by atoms with van der Waals surface area (Å²) >= 11 is 0. The summed E-state index contributed by atoms with van der Waals surface area (Å²) in [4.78, 5) is 25.0. The molecule has 4 nitrogen and oxygen atoms in total. The zero-order valence-electron chi connectivity index (χ0n) is 19.7. The number of carbonyl (C=O) groups is 2. The maximum absolute atomic E-state index is 12.6. The van der Waals surface area contributed by atoms with Crippen LogP contribution in [0.5, 0.6) is 11.5 Å². The molecule has 0 aliphatic rings. The minimum absolute atomic E-state index is 0.389. The molecule has 0 saturated carbocycles. The maximum Gasteiger partial charge on any atom is 0.343 e. The Hall–Kier alpha value is -4.18. The fourth-order valence-corrected chi connectivity index (χ4v) is 3.72. The molecule has 0 saturated heterocycles. The van der Waals surface area contributed by atoms with Gasteiger partial charge in [-0.2, -0.15) is 0 Å². The van der Waals surface area contributed by atoms with Crippen LogP contribution in [0.15, 0.2) is 84.9 Å². The van der Waals surface area contributed by atoms with E-state index in [1.54, 1.807) is 36.4 Å². The quantitative estimate of drug-likeness (QED) is 0.242. The molecule has 34 heavy (non-hydrogen) atoms. The van der Waals surface area contributed by atoms with E-state index in [-0.39, 0.29) is 5.97 Å². The first-order valence-electron chi connectivity index (χ1n) is 11.1. The maximum atomic E-state index is 12.6. The summed E-state index contributed by atoms with van der Waals surface area (Å²) in [6.07, 6.45) is 0. The monoisotopic (exact) mass is 450 g/mol. The minimum atomic E-state index is -0.395. The van der Waals surface area contributed by atoms with Crippen LogP contribution in [0, 0.1) is 27.7 Å². The van der Waals surface area contributed by atoms with Crippen molar-refractivity contribution in [3.8, 4) is 22.6 Å². The highest BCUT2D eigenvalue weighted by molar-refractivity contribution is 5.93. The van der Waals surface area contributed by atoms with Gasteiger partial charge < -0.3 is 9.47 Å². The van der Waals surface area contributed by atoms with E-state index in [4.69, 9.17) is 9.47 Å². The molecule has 4 heteroatoms. The molecule has 0 bridgehead atoms. The van der Waals surface area contributed by atoms with Crippen molar-refractivity contribution in [2.45, 2.75) is 27.7 Å². The van der Waals surface area contributed by atoms with Gasteiger partial charge in [-0.15, -0.1) is 0 Å². The lowest BCUT2D eigenvalue weighted by molar-refractivity contribution is 0.0725. The van der Waals surface area contributed by atoms with E-state index >= 15 is 0 Å². The number of rotatable bonds is 5. The number of hydrogen-bond acceptors (Lipinski definition) is 4. The summed E-state index contributed by atoms with van der Waals surface area (Å²) in [6.45, 7) is 7.88. The molecular formula is C30H26O4. The van der Waals surface area contributed by atoms with Crippen molar-refractivity contribution in [2.75, 3.05) is 0 Å². The minimum Gasteiger partial charge on any atom is -0.423 e. The molecule has 170 valence electrons. The number of aryl methyl sites for hydroxylation is 4. The van der Waals surface area contributed by atoms with Crippen LogP contribution in [-0.2, 0) is 0 Å². The van der Waals surface area contributed by atoms with E-state index in [1.165, 1.54) is 0 Å². The molecule has 0 amide bonds. The standard InChI is InChI=1S/C30H26O4/c1-19-5-9-23(10-6-19)29(31)34-26-14-16-28(22(4)18-26)27-15-11-24(17-21(27)3)30(32)33-25-12-7-20(2)8-13-25/h5-18H,1-4H3. The SMILES string of the molecule is Cc1ccc(OC(=O)c2ccc(-c3ccc(OC(=O)c4ccc(C)cc4)cc3C)c(C)c2)cc1. The topological polar surface area (TPSA) is 52.6 Å². The summed E-state index contributed by atoms with van der Waals surface area (Å²) in [5, 5.41) is 0. The third-order valence-electron chi connectivity index (χ3n) is 5.68. The Morgan fingerprint density at radius 1 is 0.500 bits per heavy atom.